The minimum Gasteiger partial charge on any atom is -0.357 e. The van der Waals surface area contributed by atoms with E-state index in [4.69, 9.17) is 0 Å². The highest BCUT2D eigenvalue weighted by Crippen LogP contribution is 2.12. The summed E-state index contributed by atoms with van der Waals surface area (Å²) in [5, 5.41) is 10.1. The predicted octanol–water partition coefficient (Wildman–Crippen LogP) is 4.18. The van der Waals surface area contributed by atoms with Crippen LogP contribution in [-0.2, 0) is 12.8 Å². The quantitative estimate of drug-likeness (QED) is 0.372. The van der Waals surface area contributed by atoms with Crippen molar-refractivity contribution in [1.82, 2.24) is 15.6 Å². The lowest BCUT2D eigenvalue weighted by atomic mass is 10.1. The number of aryl methyl sites for hydroxylation is 1. The van der Waals surface area contributed by atoms with Crippen LogP contribution >= 0.6 is 35.3 Å². The highest BCUT2D eigenvalue weighted by atomic mass is 127. The van der Waals surface area contributed by atoms with Crippen LogP contribution in [0.4, 0.5) is 0 Å². The first-order valence-electron chi connectivity index (χ1n) is 8.26. The Morgan fingerprint density at radius 3 is 2.62 bits per heavy atom. The van der Waals surface area contributed by atoms with E-state index in [0.29, 0.717) is 0 Å². The van der Waals surface area contributed by atoms with E-state index in [1.807, 2.05) is 6.07 Å². The number of rotatable bonds is 7. The van der Waals surface area contributed by atoms with Gasteiger partial charge in [-0.05, 0) is 25.8 Å². The van der Waals surface area contributed by atoms with Crippen LogP contribution in [0, 0.1) is 0 Å². The van der Waals surface area contributed by atoms with Crippen LogP contribution < -0.4 is 10.6 Å². The van der Waals surface area contributed by atoms with Crippen molar-refractivity contribution in [1.29, 1.82) is 0 Å². The number of benzene rings is 1. The standard InChI is InChI=1S/C18H26N4S.HI/c1-4-17-22-16(13-23-17)11-12-20-18(19-5-2)21-14(3)15-9-7-6-8-10-15;/h6-10,13-14H,4-5,11-12H2,1-3H3,(H2,19,20,21);1H. The van der Waals surface area contributed by atoms with Gasteiger partial charge in [-0.3, -0.25) is 4.99 Å². The highest BCUT2D eigenvalue weighted by Gasteiger charge is 2.07. The van der Waals surface area contributed by atoms with Crippen LogP contribution in [0.5, 0.6) is 0 Å². The summed E-state index contributed by atoms with van der Waals surface area (Å²) in [6.07, 6.45) is 1.89. The lowest BCUT2D eigenvalue weighted by molar-refractivity contribution is 0.686. The van der Waals surface area contributed by atoms with E-state index in [-0.39, 0.29) is 30.0 Å². The van der Waals surface area contributed by atoms with E-state index in [9.17, 15) is 0 Å². The largest absolute Gasteiger partial charge is 0.357 e. The number of nitrogens with one attached hydrogen (secondary N) is 2. The molecular weight excluding hydrogens is 431 g/mol. The topological polar surface area (TPSA) is 49.3 Å². The molecule has 2 aromatic rings. The van der Waals surface area contributed by atoms with Crippen molar-refractivity contribution in [2.75, 3.05) is 13.1 Å². The number of hydrogen-bond acceptors (Lipinski definition) is 3. The average Bonchev–Trinajstić information content (AvgIpc) is 3.04. The van der Waals surface area contributed by atoms with E-state index in [1.165, 1.54) is 10.6 Å². The lowest BCUT2D eigenvalue weighted by Crippen LogP contribution is -2.38. The first-order valence-corrected chi connectivity index (χ1v) is 9.14. The van der Waals surface area contributed by atoms with Crippen LogP contribution in [0.2, 0.25) is 0 Å². The molecule has 24 heavy (non-hydrogen) atoms. The summed E-state index contributed by atoms with van der Waals surface area (Å²) in [5.74, 6) is 0.856. The molecule has 0 aliphatic rings. The molecule has 0 fully saturated rings. The smallest absolute Gasteiger partial charge is 0.191 e. The van der Waals surface area contributed by atoms with Gasteiger partial charge in [0.2, 0.25) is 0 Å². The number of halogens is 1. The van der Waals surface area contributed by atoms with E-state index < -0.39 is 0 Å². The molecular formula is C18H27IN4S. The molecule has 0 radical (unpaired) electrons. The van der Waals surface area contributed by atoms with Crippen molar-refractivity contribution in [2.24, 2.45) is 4.99 Å². The Bertz CT molecular complexity index is 612. The summed E-state index contributed by atoms with van der Waals surface area (Å²) in [6, 6.07) is 10.6. The molecule has 0 bridgehead atoms. The number of aliphatic imine (C=N–C) groups is 1. The fourth-order valence-electron chi connectivity index (χ4n) is 2.26. The van der Waals surface area contributed by atoms with Gasteiger partial charge in [-0.1, -0.05) is 37.3 Å². The monoisotopic (exact) mass is 458 g/mol. The van der Waals surface area contributed by atoms with Crippen LogP contribution in [0.3, 0.4) is 0 Å². The van der Waals surface area contributed by atoms with Crippen molar-refractivity contribution in [3.05, 3.63) is 52.0 Å². The molecule has 1 heterocycles. The summed E-state index contributed by atoms with van der Waals surface area (Å²) < 4.78 is 0. The average molecular weight is 458 g/mol. The Labute approximate surface area is 166 Å². The van der Waals surface area contributed by atoms with Gasteiger partial charge >= 0.3 is 0 Å². The minimum absolute atomic E-state index is 0. The Hall–Kier alpha value is -1.15. The first-order chi connectivity index (χ1) is 11.2. The number of guanidine groups is 1. The maximum atomic E-state index is 4.67. The van der Waals surface area contributed by atoms with Crippen LogP contribution in [0.1, 0.15) is 43.1 Å². The van der Waals surface area contributed by atoms with Crippen molar-refractivity contribution < 1.29 is 0 Å². The van der Waals surface area contributed by atoms with Crippen molar-refractivity contribution in [3.8, 4) is 0 Å². The molecule has 1 atom stereocenters. The summed E-state index contributed by atoms with van der Waals surface area (Å²) in [6.45, 7) is 7.96. The first kappa shape index (κ1) is 20.9. The number of thiazole rings is 1. The number of nitrogens with zero attached hydrogens (tertiary/aromatic N) is 2. The molecule has 1 unspecified atom stereocenters. The fraction of sp³-hybridized carbons (Fsp3) is 0.444. The summed E-state index contributed by atoms with van der Waals surface area (Å²) in [5.41, 5.74) is 2.40. The molecule has 0 amide bonds. The molecule has 1 aromatic heterocycles. The second-order valence-electron chi connectivity index (χ2n) is 5.37. The van der Waals surface area contributed by atoms with E-state index in [1.54, 1.807) is 11.3 Å². The summed E-state index contributed by atoms with van der Waals surface area (Å²) in [7, 11) is 0. The van der Waals surface area contributed by atoms with Gasteiger partial charge in [0.25, 0.3) is 0 Å². The minimum atomic E-state index is 0. The molecule has 0 aliphatic heterocycles. The van der Waals surface area contributed by atoms with Gasteiger partial charge in [0.15, 0.2) is 5.96 Å². The normalized spacial score (nSPS) is 12.4. The molecule has 4 nitrogen and oxygen atoms in total. The van der Waals surface area contributed by atoms with Gasteiger partial charge in [-0.2, -0.15) is 0 Å². The zero-order valence-corrected chi connectivity index (χ0v) is 17.7. The molecule has 0 spiro atoms. The van der Waals surface area contributed by atoms with Crippen molar-refractivity contribution in [2.45, 2.75) is 39.7 Å². The molecule has 0 saturated carbocycles. The Kier molecular flexibility index (Phi) is 9.94. The predicted molar refractivity (Wildman–Crippen MR) is 115 cm³/mol. The fourth-order valence-corrected chi connectivity index (χ4v) is 3.04. The second-order valence-corrected chi connectivity index (χ2v) is 6.32. The van der Waals surface area contributed by atoms with Gasteiger partial charge in [0.05, 0.1) is 16.7 Å². The lowest BCUT2D eigenvalue weighted by Gasteiger charge is -2.18. The van der Waals surface area contributed by atoms with Crippen molar-refractivity contribution >= 4 is 41.3 Å². The van der Waals surface area contributed by atoms with Crippen LogP contribution in [-0.4, -0.2) is 24.0 Å². The number of hydrogen-bond donors (Lipinski definition) is 2. The molecule has 2 N–H and O–H groups in total. The third kappa shape index (κ3) is 6.76. The molecule has 0 aliphatic carbocycles. The highest BCUT2D eigenvalue weighted by molar-refractivity contribution is 14.0. The Balaban J connectivity index is 0.00000288. The zero-order chi connectivity index (χ0) is 16.5. The molecule has 6 heteroatoms. The third-order valence-corrected chi connectivity index (χ3v) is 4.58. The van der Waals surface area contributed by atoms with Gasteiger partial charge in [0, 0.05) is 24.9 Å². The third-order valence-electron chi connectivity index (χ3n) is 3.54. The maximum absolute atomic E-state index is 4.67. The van der Waals surface area contributed by atoms with Crippen LogP contribution in [0.25, 0.3) is 0 Å². The Morgan fingerprint density at radius 2 is 2.00 bits per heavy atom. The van der Waals surface area contributed by atoms with Crippen molar-refractivity contribution in [3.63, 3.8) is 0 Å². The summed E-state index contributed by atoms with van der Waals surface area (Å²) >= 11 is 1.74. The van der Waals surface area contributed by atoms with E-state index in [2.05, 4.69) is 71.0 Å². The van der Waals surface area contributed by atoms with Gasteiger partial charge < -0.3 is 10.6 Å². The maximum Gasteiger partial charge on any atom is 0.191 e. The zero-order valence-electron chi connectivity index (χ0n) is 14.6. The molecule has 1 aromatic carbocycles. The van der Waals surface area contributed by atoms with E-state index in [0.717, 1.165) is 37.6 Å². The van der Waals surface area contributed by atoms with E-state index >= 15 is 0 Å². The SMILES string of the molecule is CCNC(=NCCc1csc(CC)n1)NC(C)c1ccccc1.I. The second kappa shape index (κ2) is 11.4. The molecule has 132 valence electrons. The van der Waals surface area contributed by atoms with Gasteiger partial charge in [0.1, 0.15) is 0 Å². The van der Waals surface area contributed by atoms with Gasteiger partial charge in [-0.25, -0.2) is 4.98 Å². The van der Waals surface area contributed by atoms with Gasteiger partial charge in [-0.15, -0.1) is 35.3 Å². The molecule has 2 rings (SSSR count). The Morgan fingerprint density at radius 1 is 1.25 bits per heavy atom. The summed E-state index contributed by atoms with van der Waals surface area (Å²) in [4.78, 5) is 9.26. The van der Waals surface area contributed by atoms with Crippen LogP contribution in [0.15, 0.2) is 40.7 Å². The number of aromatic nitrogens is 1. The molecule has 0 saturated heterocycles.